The van der Waals surface area contributed by atoms with Crippen molar-refractivity contribution in [3.63, 3.8) is 0 Å². The maximum Gasteiger partial charge on any atom is 0.249 e. The first-order chi connectivity index (χ1) is 14.9. The van der Waals surface area contributed by atoms with Gasteiger partial charge >= 0.3 is 0 Å². The van der Waals surface area contributed by atoms with Gasteiger partial charge in [-0.15, -0.1) is 0 Å². The number of hydrogen-bond acceptors (Lipinski definition) is 3. The Bertz CT molecular complexity index is 1210. The highest BCUT2D eigenvalue weighted by Crippen LogP contribution is 2.54. The molecule has 166 valence electrons. The maximum absolute atomic E-state index is 14.7. The normalized spacial score (nSPS) is 13.5. The Labute approximate surface area is 199 Å². The Balaban J connectivity index is 2.36. The molecule has 32 heavy (non-hydrogen) atoms. The first-order valence-corrected chi connectivity index (χ1v) is 12.7. The zero-order chi connectivity index (χ0) is 23.8. The molecule has 1 atom stereocenters. The first kappa shape index (κ1) is 24.5. The molecule has 0 saturated heterocycles. The molecule has 1 unspecified atom stereocenters. The average molecular weight is 487 g/mol. The van der Waals surface area contributed by atoms with E-state index in [1.165, 1.54) is 12.1 Å². The summed E-state index contributed by atoms with van der Waals surface area (Å²) in [7, 11) is -4.35. The van der Waals surface area contributed by atoms with Crippen LogP contribution in [0, 0.1) is 13.8 Å². The molecule has 0 aliphatic carbocycles. The van der Waals surface area contributed by atoms with E-state index < -0.39 is 18.2 Å². The highest BCUT2D eigenvalue weighted by atomic mass is 35.5. The first-order valence-electron chi connectivity index (χ1n) is 10.2. The molecule has 0 aliphatic rings. The molecular formula is C26H25Cl2O3P. The summed E-state index contributed by atoms with van der Waals surface area (Å²) >= 11 is 12.6. The van der Waals surface area contributed by atoms with Gasteiger partial charge in [-0.25, -0.2) is 0 Å². The summed E-state index contributed by atoms with van der Waals surface area (Å²) in [4.78, 5) is 27.6. The Morgan fingerprint density at radius 2 is 1.28 bits per heavy atom. The van der Waals surface area contributed by atoms with Gasteiger partial charge in [-0.2, -0.15) is 0 Å². The molecule has 0 spiro atoms. The van der Waals surface area contributed by atoms with E-state index in [1.807, 2.05) is 12.1 Å². The van der Waals surface area contributed by atoms with Gasteiger partial charge in [0.25, 0.3) is 0 Å². The second kappa shape index (κ2) is 8.98. The van der Waals surface area contributed by atoms with E-state index in [0.29, 0.717) is 11.1 Å². The molecule has 0 heterocycles. The number of halogens is 2. The minimum absolute atomic E-state index is 0.0604. The van der Waals surface area contributed by atoms with Crippen molar-refractivity contribution in [1.29, 1.82) is 0 Å². The molecule has 0 amide bonds. The fourth-order valence-corrected chi connectivity index (χ4v) is 7.29. The fraction of sp³-hybridized carbons (Fsp3) is 0.231. The van der Waals surface area contributed by atoms with Crippen LogP contribution < -0.4 is 5.30 Å². The number of carbonyl (C=O) groups excluding carboxylic acids is 2. The van der Waals surface area contributed by atoms with Crippen molar-refractivity contribution >= 4 is 46.7 Å². The number of carbonyl (C=O) groups is 2. The zero-order valence-corrected chi connectivity index (χ0v) is 21.1. The molecular weight excluding hydrogens is 462 g/mol. The molecule has 3 nitrogen and oxygen atoms in total. The van der Waals surface area contributed by atoms with Crippen LogP contribution in [0.2, 0.25) is 10.0 Å². The molecule has 0 aromatic heterocycles. The van der Waals surface area contributed by atoms with Gasteiger partial charge in [0.2, 0.25) is 18.2 Å². The molecule has 0 fully saturated rings. The third kappa shape index (κ3) is 4.35. The second-order valence-corrected chi connectivity index (χ2v) is 12.2. The van der Waals surface area contributed by atoms with E-state index in [0.717, 1.165) is 5.56 Å². The van der Waals surface area contributed by atoms with Gasteiger partial charge in [0.1, 0.15) is 0 Å². The summed E-state index contributed by atoms with van der Waals surface area (Å²) in [5.41, 5.74) is 0.646. The fourth-order valence-electron chi connectivity index (χ4n) is 3.80. The maximum atomic E-state index is 14.7. The summed E-state index contributed by atoms with van der Waals surface area (Å²) in [5.74, 6) is 0. The Morgan fingerprint density at radius 1 is 0.781 bits per heavy atom. The number of aryl methyl sites for hydroxylation is 2. The molecule has 0 radical (unpaired) electrons. The Kier molecular flexibility index (Phi) is 6.86. The Hall–Kier alpha value is -2.19. The van der Waals surface area contributed by atoms with E-state index in [9.17, 15) is 14.2 Å². The van der Waals surface area contributed by atoms with Crippen LogP contribution in [0.15, 0.2) is 60.7 Å². The quantitative estimate of drug-likeness (QED) is 0.349. The SMILES string of the molecule is Cc1cc(C(C)(C)C)cc(C)c1P(=O)(C(=O)c1ccccc1)C(=O)c1c(Cl)cccc1Cl. The third-order valence-corrected chi connectivity index (χ3v) is 9.03. The molecule has 0 aliphatic heterocycles. The molecule has 6 heteroatoms. The summed E-state index contributed by atoms with van der Waals surface area (Å²) in [6.07, 6.45) is 0. The van der Waals surface area contributed by atoms with Gasteiger partial charge in [0.05, 0.1) is 15.6 Å². The second-order valence-electron chi connectivity index (χ2n) is 8.89. The largest absolute Gasteiger partial charge is 0.302 e. The van der Waals surface area contributed by atoms with Gasteiger partial charge in [0, 0.05) is 10.9 Å². The lowest BCUT2D eigenvalue weighted by Gasteiger charge is -2.25. The smallest absolute Gasteiger partial charge is 0.249 e. The molecule has 0 bridgehead atoms. The van der Waals surface area contributed by atoms with Crippen LogP contribution in [0.4, 0.5) is 0 Å². The van der Waals surface area contributed by atoms with Crippen LogP contribution in [0.5, 0.6) is 0 Å². The monoisotopic (exact) mass is 486 g/mol. The highest BCUT2D eigenvalue weighted by molar-refractivity contribution is 8.01. The van der Waals surface area contributed by atoms with Crippen LogP contribution in [-0.2, 0) is 9.98 Å². The summed E-state index contributed by atoms with van der Waals surface area (Å²) in [5, 5.41) is 0.371. The summed E-state index contributed by atoms with van der Waals surface area (Å²) in [6.45, 7) is 9.78. The number of rotatable bonds is 5. The van der Waals surface area contributed by atoms with E-state index in [-0.39, 0.29) is 31.9 Å². The predicted octanol–water partition coefficient (Wildman–Crippen LogP) is 7.58. The van der Waals surface area contributed by atoms with Crippen molar-refractivity contribution in [2.75, 3.05) is 0 Å². The van der Waals surface area contributed by atoms with Crippen molar-refractivity contribution in [3.05, 3.63) is 98.5 Å². The van der Waals surface area contributed by atoms with Crippen LogP contribution >= 0.6 is 30.3 Å². The van der Waals surface area contributed by atoms with Gasteiger partial charge in [-0.1, -0.05) is 92.5 Å². The van der Waals surface area contributed by atoms with Crippen molar-refractivity contribution in [2.24, 2.45) is 0 Å². The van der Waals surface area contributed by atoms with Gasteiger partial charge in [-0.05, 0) is 48.1 Å². The average Bonchev–Trinajstić information content (AvgIpc) is 2.72. The molecule has 0 N–H and O–H groups in total. The minimum atomic E-state index is -4.35. The molecule has 3 aromatic rings. The lowest BCUT2D eigenvalue weighted by atomic mass is 9.85. The summed E-state index contributed by atoms with van der Waals surface area (Å²) in [6, 6.07) is 16.6. The van der Waals surface area contributed by atoms with Crippen molar-refractivity contribution in [3.8, 4) is 0 Å². The van der Waals surface area contributed by atoms with E-state index in [2.05, 4.69) is 20.8 Å². The number of benzene rings is 3. The highest BCUT2D eigenvalue weighted by Gasteiger charge is 2.46. The number of hydrogen-bond donors (Lipinski definition) is 0. The lowest BCUT2D eigenvalue weighted by molar-refractivity contribution is 0.104. The van der Waals surface area contributed by atoms with Crippen LogP contribution in [-0.4, -0.2) is 11.0 Å². The predicted molar refractivity (Wildman–Crippen MR) is 133 cm³/mol. The van der Waals surface area contributed by atoms with Crippen molar-refractivity contribution < 1.29 is 14.2 Å². The van der Waals surface area contributed by atoms with E-state index >= 15 is 0 Å². The molecule has 0 saturated carbocycles. The summed E-state index contributed by atoms with van der Waals surface area (Å²) < 4.78 is 14.7. The topological polar surface area (TPSA) is 51.2 Å². The van der Waals surface area contributed by atoms with Crippen LogP contribution in [0.25, 0.3) is 0 Å². The standard InChI is InChI=1S/C26H25Cl2O3P/c1-16-14-19(26(3,4)5)15-17(2)23(16)32(31,24(29)18-10-7-6-8-11-18)25(30)22-20(27)12-9-13-21(22)28/h6-15H,1-5H3. The van der Waals surface area contributed by atoms with Gasteiger partial charge in [0.15, 0.2) is 0 Å². The van der Waals surface area contributed by atoms with Crippen LogP contribution in [0.1, 0.15) is 58.2 Å². The molecule has 3 aromatic carbocycles. The van der Waals surface area contributed by atoms with E-state index in [4.69, 9.17) is 23.2 Å². The minimum Gasteiger partial charge on any atom is -0.302 e. The van der Waals surface area contributed by atoms with E-state index in [1.54, 1.807) is 50.2 Å². The lowest BCUT2D eigenvalue weighted by Crippen LogP contribution is -2.26. The van der Waals surface area contributed by atoms with Crippen LogP contribution in [0.3, 0.4) is 0 Å². The van der Waals surface area contributed by atoms with Gasteiger partial charge in [-0.3, -0.25) is 9.59 Å². The van der Waals surface area contributed by atoms with Crippen molar-refractivity contribution in [1.82, 2.24) is 0 Å². The third-order valence-electron chi connectivity index (χ3n) is 5.44. The zero-order valence-electron chi connectivity index (χ0n) is 18.7. The Morgan fingerprint density at radius 3 is 1.75 bits per heavy atom. The van der Waals surface area contributed by atoms with Gasteiger partial charge < -0.3 is 4.57 Å². The van der Waals surface area contributed by atoms with Crippen molar-refractivity contribution in [2.45, 2.75) is 40.0 Å². The molecule has 3 rings (SSSR count).